The van der Waals surface area contributed by atoms with Crippen LogP contribution in [0, 0.1) is 17.8 Å². The third-order valence-corrected chi connectivity index (χ3v) is 23.6. The van der Waals surface area contributed by atoms with Gasteiger partial charge in [0.15, 0.2) is 25.0 Å². The van der Waals surface area contributed by atoms with Gasteiger partial charge in [-0.15, -0.1) is 0 Å². The van der Waals surface area contributed by atoms with Gasteiger partial charge in [0.25, 0.3) is 5.91 Å². The van der Waals surface area contributed by atoms with Crippen molar-refractivity contribution >= 4 is 89.1 Å². The van der Waals surface area contributed by atoms with Gasteiger partial charge < -0.3 is 117 Å². The van der Waals surface area contributed by atoms with Gasteiger partial charge in [0, 0.05) is 179 Å². The Hall–Kier alpha value is -10.1. The Kier molecular flexibility index (Phi) is 56.7. The van der Waals surface area contributed by atoms with Gasteiger partial charge in [-0.3, -0.25) is 71.9 Å². The van der Waals surface area contributed by atoms with Gasteiger partial charge in [-0.25, -0.2) is 0 Å². The van der Waals surface area contributed by atoms with E-state index in [-0.39, 0.29) is 168 Å². The van der Waals surface area contributed by atoms with E-state index in [9.17, 15) is 72.2 Å². The van der Waals surface area contributed by atoms with E-state index in [0.717, 1.165) is 0 Å². The zero-order valence-corrected chi connectivity index (χ0v) is 85.1. The average Bonchev–Trinajstić information content (AvgIpc) is 0.820. The molecule has 0 radical (unpaired) electrons. The quantitative estimate of drug-likeness (QED) is 0.0102. The van der Waals surface area contributed by atoms with Crippen molar-refractivity contribution in [3.05, 3.63) is 95.6 Å². The molecule has 778 valence electrons. The second kappa shape index (κ2) is 65.1. The van der Waals surface area contributed by atoms with Crippen molar-refractivity contribution in [3.8, 4) is 11.5 Å². The van der Waals surface area contributed by atoms with E-state index in [2.05, 4.69) is 31.3 Å². The topological polar surface area (TPSA) is 491 Å². The number of nitrogens with zero attached hydrogens (tertiary/aromatic N) is 2. The maximum Gasteiger partial charge on any atom is 0.314 e. The predicted molar refractivity (Wildman–Crippen MR) is 499 cm³/mol. The SMILES string of the molecule is C.COc1ccc(C(OCC(O)C(=O)N(CCCCN(CCCNC(=O)CCCCCCO[C@@H]2OC(COC(C)=O)[C@H](OC(C)=O)[C@H](C)C2NC(C)=O)C(=O)CCCCCCO[C@@H]2OC(COC(C)=O)[C@H](OC(C)=O)[C@H](C)C2NC(C)=O)CCCNC(=O)CCCCCCO[C@@H]2OC(COC(C)=O)[C@H](OC(C)=O)[C@H](C)C2NC(C)=O)(c2ccccc2)c2ccc(OC)cc2)cc1.O=C1CCC(=O)O1.[W]. The molecule has 3 aromatic rings. The van der Waals surface area contributed by atoms with Crippen molar-refractivity contribution in [2.24, 2.45) is 17.8 Å². The van der Waals surface area contributed by atoms with Gasteiger partial charge in [-0.05, 0) is 105 Å². The predicted octanol–water partition coefficient (Wildman–Crippen LogP) is 8.29. The molecule has 139 heavy (non-hydrogen) atoms. The molecule has 0 spiro atoms. The molecule has 7 rings (SSSR count). The van der Waals surface area contributed by atoms with E-state index in [4.69, 9.17) is 71.1 Å². The second-order valence-electron chi connectivity index (χ2n) is 34.6. The Bertz CT molecular complexity index is 4240. The summed E-state index contributed by atoms with van der Waals surface area (Å²) in [5.41, 5.74) is 0.676. The fraction of sp³-hybridized carbons (Fsp3) is 0.667. The first-order valence-corrected chi connectivity index (χ1v) is 47.5. The van der Waals surface area contributed by atoms with Gasteiger partial charge >= 0.3 is 47.8 Å². The molecule has 16 atom stereocenters. The zero-order chi connectivity index (χ0) is 101. The fourth-order valence-electron chi connectivity index (χ4n) is 16.7. The third kappa shape index (κ3) is 43.1. The smallest absolute Gasteiger partial charge is 0.314 e. The Morgan fingerprint density at radius 3 is 1.06 bits per heavy atom. The second-order valence-corrected chi connectivity index (χ2v) is 34.6. The van der Waals surface area contributed by atoms with Crippen LogP contribution in [-0.2, 0) is 165 Å². The number of aliphatic hydroxyl groups is 1. The number of aliphatic hydroxyl groups excluding tert-OH is 1. The monoisotopic (exact) mass is 2130 g/mol. The van der Waals surface area contributed by atoms with Crippen LogP contribution in [0.2, 0.25) is 0 Å². The number of carbonyl (C=O) groups is 15. The van der Waals surface area contributed by atoms with Gasteiger partial charge in [-0.1, -0.05) is 121 Å². The van der Waals surface area contributed by atoms with Crippen molar-refractivity contribution in [2.45, 2.75) is 311 Å². The van der Waals surface area contributed by atoms with E-state index in [1.807, 2.05) is 54.6 Å². The zero-order valence-electron chi connectivity index (χ0n) is 82.2. The van der Waals surface area contributed by atoms with Crippen LogP contribution in [0.1, 0.15) is 242 Å². The standard InChI is InChI=1S/C94H141N7O29.C4H4O3.CH4.W/c1-60-84(97-63(4)102)91(128-78(57-121-66(7)105)87(60)125-69(10)108)118-53-29-18-15-24-36-81(112)95-47-32-51-100(83(114)38-26-17-20-31-55-120-93-86(99-65(6)104)62(3)89(127-71(12)110)80(130-93)59-123-68(9)107)49-27-28-50-101(90(115)77(111)56-124-94(72-34-22-21-23-35-72,73-39-43-75(116-13)44-40-73)74-41-45-76(117-14)46-42-74)52-33-48-96-82(113)37-25-16-19-30-54-119-92-85(98-64(5)103)61(2)88(126-70(11)109)79(129-92)58-122-67(8)106;5-3-1-2-4(6)7-3;;/h21-23,34-35,39-46,60-62,77-80,84-89,91-93,111H,15-20,24-33,36-38,47-59H2,1-14H3,(H,95,112)(H,96,113)(H,97,102)(H,98,103)(H,99,104);1-2H2;1H4;/t60-,61-,62-,77?,78?,79?,80?,84?,85?,86?,87-,88-,89-,91-,92-,93-;;;/m1.../s1. The molecule has 4 saturated heterocycles. The summed E-state index contributed by atoms with van der Waals surface area (Å²) in [6.07, 6.45) is 0.374. The summed E-state index contributed by atoms with van der Waals surface area (Å²) in [7, 11) is 3.13. The van der Waals surface area contributed by atoms with Crippen molar-refractivity contribution < 1.29 is 174 Å². The summed E-state index contributed by atoms with van der Waals surface area (Å²) in [6, 6.07) is 22.0. The van der Waals surface area contributed by atoms with Gasteiger partial charge in [0.05, 0.1) is 51.8 Å². The van der Waals surface area contributed by atoms with Crippen LogP contribution in [0.25, 0.3) is 0 Å². The van der Waals surface area contributed by atoms with Crippen LogP contribution >= 0.6 is 0 Å². The number of methoxy groups -OCH3 is 2. The summed E-state index contributed by atoms with van der Waals surface area (Å²) in [4.78, 5) is 188. The van der Waals surface area contributed by atoms with Crippen LogP contribution in [0.3, 0.4) is 0 Å². The first-order chi connectivity index (χ1) is 65.4. The number of ether oxygens (including phenoxy) is 16. The summed E-state index contributed by atoms with van der Waals surface area (Å²) in [5, 5.41) is 26.8. The summed E-state index contributed by atoms with van der Waals surface area (Å²) >= 11 is 0. The summed E-state index contributed by atoms with van der Waals surface area (Å²) in [6.45, 7) is 17.8. The van der Waals surface area contributed by atoms with E-state index >= 15 is 4.79 Å². The van der Waals surface area contributed by atoms with E-state index in [1.54, 1.807) is 69.1 Å². The molecular formula is C99H149N7O32W. The van der Waals surface area contributed by atoms with E-state index in [1.165, 1.54) is 62.3 Å². The van der Waals surface area contributed by atoms with Crippen LogP contribution in [0.4, 0.5) is 0 Å². The van der Waals surface area contributed by atoms with Gasteiger partial charge in [0.2, 0.25) is 35.4 Å². The minimum Gasteiger partial charge on any atom is -0.497 e. The minimum absolute atomic E-state index is 0. The van der Waals surface area contributed by atoms with E-state index in [0.29, 0.717) is 137 Å². The number of nitrogens with one attached hydrogen (secondary N) is 5. The van der Waals surface area contributed by atoms with Crippen LogP contribution < -0.4 is 36.1 Å². The number of amides is 7. The van der Waals surface area contributed by atoms with Crippen LogP contribution in [0.15, 0.2) is 78.9 Å². The average molecular weight is 2130 g/mol. The maximum absolute atomic E-state index is 15.0. The molecule has 3 aromatic carbocycles. The minimum atomic E-state index is -1.70. The normalized spacial score (nSPS) is 21.6. The fourth-order valence-corrected chi connectivity index (χ4v) is 16.7. The third-order valence-electron chi connectivity index (χ3n) is 23.6. The van der Waals surface area contributed by atoms with Crippen molar-refractivity contribution in [2.75, 3.05) is 99.7 Å². The Morgan fingerprint density at radius 1 is 0.417 bits per heavy atom. The molecule has 0 saturated carbocycles. The van der Waals surface area contributed by atoms with E-state index < -0.39 is 163 Å². The molecule has 6 N–H and O–H groups in total. The molecule has 4 fully saturated rings. The van der Waals surface area contributed by atoms with Crippen LogP contribution in [-0.4, -0.2) is 283 Å². The molecule has 0 bridgehead atoms. The number of carbonyl (C=O) groups excluding carboxylic acids is 15. The first kappa shape index (κ1) is 121. The number of rotatable bonds is 58. The molecule has 4 heterocycles. The number of hydrogen-bond donors (Lipinski definition) is 6. The molecule has 0 aliphatic carbocycles. The van der Waals surface area contributed by atoms with Crippen molar-refractivity contribution in [1.82, 2.24) is 36.4 Å². The molecular weight excluding hydrogens is 1980 g/mol. The Balaban J connectivity index is 0.00000428. The molecule has 4 aliphatic heterocycles. The molecule has 39 nitrogen and oxygen atoms in total. The first-order valence-electron chi connectivity index (χ1n) is 47.5. The van der Waals surface area contributed by atoms with Gasteiger partial charge in [0.1, 0.15) is 73.5 Å². The number of unbranched alkanes of at least 4 members (excludes halogenated alkanes) is 10. The molecule has 0 aromatic heterocycles. The molecule has 40 heteroatoms. The summed E-state index contributed by atoms with van der Waals surface area (Å²) < 4.78 is 91.7. The number of cyclic esters (lactones) is 2. The van der Waals surface area contributed by atoms with Crippen LogP contribution in [0.5, 0.6) is 11.5 Å². The number of esters is 8. The largest absolute Gasteiger partial charge is 0.497 e. The maximum atomic E-state index is 15.0. The molecule has 7 amide bonds. The summed E-state index contributed by atoms with van der Waals surface area (Å²) in [5.74, 6) is -6.58. The Labute approximate surface area is 830 Å². The number of hydrogen-bond acceptors (Lipinski definition) is 32. The molecule has 4 aliphatic rings. The van der Waals surface area contributed by atoms with Gasteiger partial charge in [-0.2, -0.15) is 0 Å². The molecule has 7 unspecified atom stereocenters. The Morgan fingerprint density at radius 2 is 0.741 bits per heavy atom. The van der Waals surface area contributed by atoms with Crippen molar-refractivity contribution in [3.63, 3.8) is 0 Å². The number of benzene rings is 3. The van der Waals surface area contributed by atoms with Crippen molar-refractivity contribution in [1.29, 1.82) is 0 Å².